The van der Waals surface area contributed by atoms with Crippen LogP contribution in [0.5, 0.6) is 5.75 Å². The van der Waals surface area contributed by atoms with Gasteiger partial charge in [-0.25, -0.2) is 8.42 Å². The maximum Gasteiger partial charge on any atom is 0.271 e. The van der Waals surface area contributed by atoms with E-state index in [1.54, 1.807) is 31.2 Å². The van der Waals surface area contributed by atoms with Crippen LogP contribution in [0.2, 0.25) is 0 Å². The SMILES string of the molecule is COc1ccc(C)cc1S(=O)(=O)N1CCC[C@@H](C(=O)Nc2cccc([N+](=O)[O-])c2)C1. The highest BCUT2D eigenvalue weighted by Gasteiger charge is 2.35. The number of ether oxygens (including phenoxy) is 1. The standard InChI is InChI=1S/C20H23N3O6S/c1-14-8-9-18(29-2)19(11-14)30(27,28)22-10-4-5-15(13-22)20(24)21-16-6-3-7-17(12-16)23(25)26/h3,6-9,11-12,15H,4-5,10,13H2,1-2H3,(H,21,24)/t15-/m1/s1. The fourth-order valence-corrected chi connectivity index (χ4v) is 5.21. The van der Waals surface area contributed by atoms with E-state index in [0.717, 1.165) is 5.56 Å². The van der Waals surface area contributed by atoms with Gasteiger partial charge in [0.1, 0.15) is 10.6 Å². The van der Waals surface area contributed by atoms with Gasteiger partial charge in [-0.3, -0.25) is 14.9 Å². The van der Waals surface area contributed by atoms with Gasteiger partial charge in [-0.05, 0) is 43.5 Å². The van der Waals surface area contributed by atoms with Crippen molar-refractivity contribution in [1.29, 1.82) is 0 Å². The molecular weight excluding hydrogens is 410 g/mol. The number of amides is 1. The molecule has 1 heterocycles. The van der Waals surface area contributed by atoms with Crippen molar-refractivity contribution in [3.8, 4) is 5.75 Å². The highest BCUT2D eigenvalue weighted by molar-refractivity contribution is 7.89. The Hall–Kier alpha value is -2.98. The molecule has 1 N–H and O–H groups in total. The van der Waals surface area contributed by atoms with E-state index in [1.165, 1.54) is 29.6 Å². The first-order chi connectivity index (χ1) is 14.2. The smallest absolute Gasteiger partial charge is 0.271 e. The van der Waals surface area contributed by atoms with Crippen molar-refractivity contribution in [2.75, 3.05) is 25.5 Å². The third kappa shape index (κ3) is 4.60. The number of hydrogen-bond acceptors (Lipinski definition) is 6. The zero-order valence-corrected chi connectivity index (χ0v) is 17.5. The molecule has 1 amide bonds. The van der Waals surface area contributed by atoms with Gasteiger partial charge in [0.25, 0.3) is 5.69 Å². The highest BCUT2D eigenvalue weighted by Crippen LogP contribution is 2.31. The number of nitrogens with zero attached hydrogens (tertiary/aromatic N) is 2. The fraction of sp³-hybridized carbons (Fsp3) is 0.350. The predicted octanol–water partition coefficient (Wildman–Crippen LogP) is 2.95. The van der Waals surface area contributed by atoms with Gasteiger partial charge in [-0.1, -0.05) is 12.1 Å². The molecule has 160 valence electrons. The van der Waals surface area contributed by atoms with Gasteiger partial charge < -0.3 is 10.1 Å². The molecule has 0 aliphatic carbocycles. The molecule has 3 rings (SSSR count). The van der Waals surface area contributed by atoms with Crippen LogP contribution in [0.1, 0.15) is 18.4 Å². The Morgan fingerprint density at radius 2 is 2.03 bits per heavy atom. The van der Waals surface area contributed by atoms with Crippen LogP contribution in [-0.2, 0) is 14.8 Å². The summed E-state index contributed by atoms with van der Waals surface area (Å²) in [6.07, 6.45) is 1.05. The fourth-order valence-electron chi connectivity index (χ4n) is 3.44. The number of carbonyl (C=O) groups excluding carboxylic acids is 1. The van der Waals surface area contributed by atoms with Crippen molar-refractivity contribution in [1.82, 2.24) is 4.31 Å². The lowest BCUT2D eigenvalue weighted by Gasteiger charge is -2.31. The molecule has 0 bridgehead atoms. The van der Waals surface area contributed by atoms with Crippen LogP contribution in [0.3, 0.4) is 0 Å². The first kappa shape index (κ1) is 21.7. The molecule has 10 heteroatoms. The number of nitro groups is 1. The van der Waals surface area contributed by atoms with Gasteiger partial charge in [-0.15, -0.1) is 0 Å². The van der Waals surface area contributed by atoms with Gasteiger partial charge in [0.05, 0.1) is 18.0 Å². The minimum absolute atomic E-state index is 0.0280. The van der Waals surface area contributed by atoms with Gasteiger partial charge >= 0.3 is 0 Å². The minimum atomic E-state index is -3.85. The molecule has 0 aromatic heterocycles. The van der Waals surface area contributed by atoms with Gasteiger partial charge in [0, 0.05) is 30.9 Å². The summed E-state index contributed by atoms with van der Waals surface area (Å²) >= 11 is 0. The van der Waals surface area contributed by atoms with Crippen molar-refractivity contribution < 1.29 is 22.9 Å². The molecule has 1 atom stereocenters. The summed E-state index contributed by atoms with van der Waals surface area (Å²) in [5, 5.41) is 13.6. The number of aryl methyl sites for hydroxylation is 1. The maximum atomic E-state index is 13.2. The Morgan fingerprint density at radius 1 is 1.27 bits per heavy atom. The summed E-state index contributed by atoms with van der Waals surface area (Å²) in [6, 6.07) is 10.6. The van der Waals surface area contributed by atoms with Crippen molar-refractivity contribution >= 4 is 27.3 Å². The lowest BCUT2D eigenvalue weighted by atomic mass is 9.98. The van der Waals surface area contributed by atoms with E-state index in [-0.39, 0.29) is 28.8 Å². The number of hydrogen-bond donors (Lipinski definition) is 1. The summed E-state index contributed by atoms with van der Waals surface area (Å²) in [6.45, 7) is 2.13. The summed E-state index contributed by atoms with van der Waals surface area (Å²) in [5.74, 6) is -0.682. The number of non-ortho nitro benzene ring substituents is 1. The van der Waals surface area contributed by atoms with Gasteiger partial charge in [0.2, 0.25) is 15.9 Å². The molecule has 0 unspecified atom stereocenters. The van der Waals surface area contributed by atoms with Crippen LogP contribution in [0.25, 0.3) is 0 Å². The van der Waals surface area contributed by atoms with Gasteiger partial charge in [-0.2, -0.15) is 4.31 Å². The average molecular weight is 433 g/mol. The summed E-state index contributed by atoms with van der Waals surface area (Å²) in [5.41, 5.74) is 0.952. The van der Waals surface area contributed by atoms with Crippen molar-refractivity contribution in [3.05, 3.63) is 58.1 Å². The van der Waals surface area contributed by atoms with Gasteiger partial charge in [0.15, 0.2) is 0 Å². The molecule has 2 aromatic carbocycles. The Labute approximate surface area is 174 Å². The van der Waals surface area contributed by atoms with Crippen LogP contribution in [0.15, 0.2) is 47.4 Å². The molecule has 0 saturated carbocycles. The van der Waals surface area contributed by atoms with E-state index >= 15 is 0 Å². The Kier molecular flexibility index (Phi) is 6.37. The molecule has 1 saturated heterocycles. The number of carbonyl (C=O) groups is 1. The second kappa shape index (κ2) is 8.80. The lowest BCUT2D eigenvalue weighted by Crippen LogP contribution is -2.43. The molecule has 1 aliphatic heterocycles. The number of benzene rings is 2. The summed E-state index contributed by atoms with van der Waals surface area (Å²) in [7, 11) is -2.43. The molecular formula is C20H23N3O6S. The van der Waals surface area contributed by atoms with E-state index in [9.17, 15) is 23.3 Å². The highest BCUT2D eigenvalue weighted by atomic mass is 32.2. The second-order valence-electron chi connectivity index (χ2n) is 7.15. The molecule has 30 heavy (non-hydrogen) atoms. The first-order valence-electron chi connectivity index (χ1n) is 9.42. The summed E-state index contributed by atoms with van der Waals surface area (Å²) < 4.78 is 32.9. The number of methoxy groups -OCH3 is 1. The van der Waals surface area contributed by atoms with Crippen LogP contribution >= 0.6 is 0 Å². The van der Waals surface area contributed by atoms with E-state index in [2.05, 4.69) is 5.32 Å². The number of rotatable bonds is 6. The van der Waals surface area contributed by atoms with E-state index in [0.29, 0.717) is 25.1 Å². The third-order valence-electron chi connectivity index (χ3n) is 5.02. The van der Waals surface area contributed by atoms with Crippen LogP contribution in [0.4, 0.5) is 11.4 Å². The average Bonchev–Trinajstić information content (AvgIpc) is 2.74. The number of anilines is 1. The van der Waals surface area contributed by atoms with E-state index in [4.69, 9.17) is 4.74 Å². The normalized spacial score (nSPS) is 17.3. The molecule has 9 nitrogen and oxygen atoms in total. The molecule has 1 aliphatic rings. The Balaban J connectivity index is 1.78. The minimum Gasteiger partial charge on any atom is -0.495 e. The topological polar surface area (TPSA) is 119 Å². The largest absolute Gasteiger partial charge is 0.495 e. The Bertz CT molecular complexity index is 1070. The molecule has 0 radical (unpaired) electrons. The van der Waals surface area contributed by atoms with Crippen molar-refractivity contribution in [3.63, 3.8) is 0 Å². The Morgan fingerprint density at radius 3 is 2.73 bits per heavy atom. The van der Waals surface area contributed by atoms with E-state index < -0.39 is 20.9 Å². The number of sulfonamides is 1. The third-order valence-corrected chi connectivity index (χ3v) is 6.90. The number of piperidine rings is 1. The number of nitro benzene ring substituents is 1. The quantitative estimate of drug-likeness (QED) is 0.553. The number of nitrogens with one attached hydrogen (secondary N) is 1. The predicted molar refractivity (Wildman–Crippen MR) is 111 cm³/mol. The monoisotopic (exact) mass is 433 g/mol. The second-order valence-corrected chi connectivity index (χ2v) is 9.06. The van der Waals surface area contributed by atoms with Crippen LogP contribution in [-0.4, -0.2) is 43.8 Å². The maximum absolute atomic E-state index is 13.2. The zero-order valence-electron chi connectivity index (χ0n) is 16.7. The van der Waals surface area contributed by atoms with E-state index in [1.807, 2.05) is 0 Å². The van der Waals surface area contributed by atoms with Crippen molar-refractivity contribution in [2.24, 2.45) is 5.92 Å². The summed E-state index contributed by atoms with van der Waals surface area (Å²) in [4.78, 5) is 23.2. The molecule has 2 aromatic rings. The molecule has 1 fully saturated rings. The van der Waals surface area contributed by atoms with Crippen LogP contribution < -0.4 is 10.1 Å². The first-order valence-corrected chi connectivity index (χ1v) is 10.9. The van der Waals surface area contributed by atoms with Crippen molar-refractivity contribution in [2.45, 2.75) is 24.7 Å². The molecule has 0 spiro atoms. The van der Waals surface area contributed by atoms with Crippen LogP contribution in [0, 0.1) is 23.0 Å². The lowest BCUT2D eigenvalue weighted by molar-refractivity contribution is -0.384. The zero-order chi connectivity index (χ0) is 21.9.